The van der Waals surface area contributed by atoms with Crippen molar-refractivity contribution in [1.82, 2.24) is 10.6 Å². The van der Waals surface area contributed by atoms with E-state index in [4.69, 9.17) is 10.2 Å². The Balaban J connectivity index is 1.67. The minimum absolute atomic E-state index is 0.137. The van der Waals surface area contributed by atoms with Crippen molar-refractivity contribution in [3.05, 3.63) is 59.0 Å². The van der Waals surface area contributed by atoms with Crippen molar-refractivity contribution < 1.29 is 14.0 Å². The molecule has 6 heteroatoms. The van der Waals surface area contributed by atoms with Gasteiger partial charge >= 0.3 is 0 Å². The molecule has 2 amide bonds. The van der Waals surface area contributed by atoms with Crippen molar-refractivity contribution in [3.63, 3.8) is 0 Å². The molecule has 0 bridgehead atoms. The number of benzene rings is 1. The molecule has 2 rings (SSSR count). The highest BCUT2D eigenvalue weighted by Gasteiger charge is 2.11. The maximum absolute atomic E-state index is 11.9. The Kier molecular flexibility index (Phi) is 5.94. The normalized spacial score (nSPS) is 10.3. The number of nitrogens with two attached hydrogens (primary N) is 1. The van der Waals surface area contributed by atoms with Crippen LogP contribution in [0.5, 0.6) is 0 Å². The number of hydrogen-bond acceptors (Lipinski definition) is 4. The van der Waals surface area contributed by atoms with Gasteiger partial charge in [-0.25, -0.2) is 0 Å². The lowest BCUT2D eigenvalue weighted by molar-refractivity contribution is 0.0924. The number of furan rings is 1. The van der Waals surface area contributed by atoms with Gasteiger partial charge < -0.3 is 20.8 Å². The van der Waals surface area contributed by atoms with Crippen LogP contribution >= 0.6 is 0 Å². The van der Waals surface area contributed by atoms with Crippen LogP contribution in [-0.2, 0) is 6.54 Å². The first kappa shape index (κ1) is 16.8. The number of rotatable bonds is 7. The van der Waals surface area contributed by atoms with Crippen molar-refractivity contribution in [3.8, 4) is 0 Å². The SMILES string of the molecule is Cc1ccoc1C(=O)NCCCNC(=O)c1ccc(CN)cc1. The van der Waals surface area contributed by atoms with Gasteiger partial charge in [-0.15, -0.1) is 0 Å². The predicted octanol–water partition coefficient (Wildman–Crippen LogP) is 1.60. The highest BCUT2D eigenvalue weighted by Crippen LogP contribution is 2.08. The molecule has 0 aliphatic heterocycles. The second-order valence-electron chi connectivity index (χ2n) is 5.20. The molecule has 0 saturated heterocycles. The number of nitrogens with one attached hydrogen (secondary N) is 2. The molecule has 6 nitrogen and oxygen atoms in total. The largest absolute Gasteiger partial charge is 0.459 e. The van der Waals surface area contributed by atoms with E-state index in [1.54, 1.807) is 18.2 Å². The Morgan fingerprint density at radius 3 is 2.26 bits per heavy atom. The van der Waals surface area contributed by atoms with Gasteiger partial charge in [-0.05, 0) is 37.1 Å². The van der Waals surface area contributed by atoms with E-state index in [-0.39, 0.29) is 11.8 Å². The molecule has 0 fully saturated rings. The molecule has 1 aromatic carbocycles. The van der Waals surface area contributed by atoms with Crippen LogP contribution in [-0.4, -0.2) is 24.9 Å². The molecule has 4 N–H and O–H groups in total. The highest BCUT2D eigenvalue weighted by molar-refractivity contribution is 5.94. The first-order valence-electron chi connectivity index (χ1n) is 7.51. The van der Waals surface area contributed by atoms with Gasteiger partial charge in [0.2, 0.25) is 0 Å². The summed E-state index contributed by atoms with van der Waals surface area (Å²) < 4.78 is 5.11. The average Bonchev–Trinajstić information content (AvgIpc) is 3.00. The van der Waals surface area contributed by atoms with Crippen molar-refractivity contribution in [2.24, 2.45) is 5.73 Å². The Hall–Kier alpha value is -2.60. The van der Waals surface area contributed by atoms with Crippen molar-refractivity contribution in [1.29, 1.82) is 0 Å². The van der Waals surface area contributed by atoms with Gasteiger partial charge in [0.15, 0.2) is 5.76 Å². The summed E-state index contributed by atoms with van der Waals surface area (Å²) in [6.07, 6.45) is 2.12. The zero-order chi connectivity index (χ0) is 16.7. The first-order chi connectivity index (χ1) is 11.1. The smallest absolute Gasteiger partial charge is 0.287 e. The topological polar surface area (TPSA) is 97.4 Å². The second-order valence-corrected chi connectivity index (χ2v) is 5.20. The zero-order valence-electron chi connectivity index (χ0n) is 13.1. The Bertz CT molecular complexity index is 662. The number of carbonyl (C=O) groups excluding carboxylic acids is 2. The Morgan fingerprint density at radius 1 is 1.04 bits per heavy atom. The quantitative estimate of drug-likeness (QED) is 0.676. The van der Waals surface area contributed by atoms with Crippen molar-refractivity contribution >= 4 is 11.8 Å². The fraction of sp³-hybridized carbons (Fsp3) is 0.294. The van der Waals surface area contributed by atoms with Gasteiger partial charge in [0, 0.05) is 30.8 Å². The molecule has 0 saturated carbocycles. The summed E-state index contributed by atoms with van der Waals surface area (Å²) in [6, 6.07) is 8.91. The third-order valence-electron chi connectivity index (χ3n) is 3.44. The van der Waals surface area contributed by atoms with Crippen LogP contribution in [0.1, 0.15) is 38.5 Å². The van der Waals surface area contributed by atoms with E-state index < -0.39 is 0 Å². The fourth-order valence-corrected chi connectivity index (χ4v) is 2.07. The number of amides is 2. The van der Waals surface area contributed by atoms with E-state index in [9.17, 15) is 9.59 Å². The second kappa shape index (κ2) is 8.14. The summed E-state index contributed by atoms with van der Waals surface area (Å²) in [7, 11) is 0. The summed E-state index contributed by atoms with van der Waals surface area (Å²) in [5.41, 5.74) is 7.90. The molecule has 0 radical (unpaired) electrons. The standard InChI is InChI=1S/C17H21N3O3/c1-12-7-10-23-15(12)17(22)20-9-2-8-19-16(21)14-5-3-13(11-18)4-6-14/h3-7,10H,2,8-9,11,18H2,1H3,(H,19,21)(H,20,22). The van der Waals surface area contributed by atoms with Gasteiger partial charge in [-0.3, -0.25) is 9.59 Å². The lowest BCUT2D eigenvalue weighted by atomic mass is 10.1. The lowest BCUT2D eigenvalue weighted by Gasteiger charge is -2.07. The van der Waals surface area contributed by atoms with Gasteiger partial charge in [-0.2, -0.15) is 0 Å². The average molecular weight is 315 g/mol. The van der Waals surface area contributed by atoms with Gasteiger partial charge in [0.1, 0.15) is 0 Å². The van der Waals surface area contributed by atoms with Crippen LogP contribution in [0.4, 0.5) is 0 Å². The summed E-state index contributed by atoms with van der Waals surface area (Å²) in [5, 5.41) is 5.57. The Morgan fingerprint density at radius 2 is 1.70 bits per heavy atom. The third kappa shape index (κ3) is 4.69. The Labute approximate surface area is 135 Å². The van der Waals surface area contributed by atoms with Crippen LogP contribution in [0.2, 0.25) is 0 Å². The molecule has 0 unspecified atom stereocenters. The minimum Gasteiger partial charge on any atom is -0.459 e. The predicted molar refractivity (Wildman–Crippen MR) is 87.1 cm³/mol. The number of hydrogen-bond donors (Lipinski definition) is 3. The lowest BCUT2D eigenvalue weighted by Crippen LogP contribution is -2.30. The van der Waals surface area contributed by atoms with Crippen LogP contribution in [0, 0.1) is 6.92 Å². The van der Waals surface area contributed by atoms with Crippen LogP contribution in [0.3, 0.4) is 0 Å². The minimum atomic E-state index is -0.240. The van der Waals surface area contributed by atoms with Crippen LogP contribution in [0.25, 0.3) is 0 Å². The molecule has 122 valence electrons. The van der Waals surface area contributed by atoms with Gasteiger partial charge in [0.05, 0.1) is 6.26 Å². The summed E-state index contributed by atoms with van der Waals surface area (Å²) in [4.78, 5) is 23.7. The summed E-state index contributed by atoms with van der Waals surface area (Å²) in [5.74, 6) is -0.0491. The molecular formula is C17H21N3O3. The van der Waals surface area contributed by atoms with E-state index in [1.165, 1.54) is 6.26 Å². The van der Waals surface area contributed by atoms with E-state index in [2.05, 4.69) is 10.6 Å². The molecule has 23 heavy (non-hydrogen) atoms. The monoisotopic (exact) mass is 315 g/mol. The molecule has 0 aliphatic carbocycles. The van der Waals surface area contributed by atoms with Gasteiger partial charge in [0.25, 0.3) is 11.8 Å². The van der Waals surface area contributed by atoms with E-state index in [0.29, 0.717) is 37.4 Å². The van der Waals surface area contributed by atoms with Crippen LogP contribution < -0.4 is 16.4 Å². The first-order valence-corrected chi connectivity index (χ1v) is 7.51. The van der Waals surface area contributed by atoms with E-state index in [0.717, 1.165) is 11.1 Å². The molecule has 2 aromatic rings. The highest BCUT2D eigenvalue weighted by atomic mass is 16.3. The maximum Gasteiger partial charge on any atom is 0.287 e. The number of carbonyl (C=O) groups is 2. The molecule has 0 spiro atoms. The number of aryl methyl sites for hydroxylation is 1. The van der Waals surface area contributed by atoms with E-state index >= 15 is 0 Å². The maximum atomic E-state index is 11.9. The summed E-state index contributed by atoms with van der Waals surface area (Å²) in [6.45, 7) is 3.21. The van der Waals surface area contributed by atoms with E-state index in [1.807, 2.05) is 19.1 Å². The molecule has 1 aromatic heterocycles. The fourth-order valence-electron chi connectivity index (χ4n) is 2.07. The molecule has 1 heterocycles. The molecule has 0 aliphatic rings. The van der Waals surface area contributed by atoms with Crippen molar-refractivity contribution in [2.45, 2.75) is 19.9 Å². The molecule has 0 atom stereocenters. The van der Waals surface area contributed by atoms with Gasteiger partial charge in [-0.1, -0.05) is 12.1 Å². The molecular weight excluding hydrogens is 294 g/mol. The van der Waals surface area contributed by atoms with Crippen LogP contribution in [0.15, 0.2) is 41.0 Å². The zero-order valence-corrected chi connectivity index (χ0v) is 13.1. The third-order valence-corrected chi connectivity index (χ3v) is 3.44. The summed E-state index contributed by atoms with van der Waals surface area (Å²) >= 11 is 0. The van der Waals surface area contributed by atoms with Crippen molar-refractivity contribution in [2.75, 3.05) is 13.1 Å².